The number of phenols is 1. The molecule has 3 N–H and O–H groups in total. The third-order valence-electron chi connectivity index (χ3n) is 4.12. The summed E-state index contributed by atoms with van der Waals surface area (Å²) in [5.74, 6) is -1.79. The Hall–Kier alpha value is -1.76. The van der Waals surface area contributed by atoms with E-state index in [9.17, 15) is 23.1 Å². The molecule has 1 saturated heterocycles. The van der Waals surface area contributed by atoms with Crippen LogP contribution in [-0.2, 0) is 11.2 Å². The number of piperidine rings is 1. The van der Waals surface area contributed by atoms with E-state index in [1.807, 2.05) is 0 Å². The van der Waals surface area contributed by atoms with Gasteiger partial charge in [-0.25, -0.2) is 0 Å². The lowest BCUT2D eigenvalue weighted by Crippen LogP contribution is -2.54. The lowest BCUT2D eigenvalue weighted by Gasteiger charge is -2.32. The predicted molar refractivity (Wildman–Crippen MR) is 80.1 cm³/mol. The van der Waals surface area contributed by atoms with E-state index in [0.717, 1.165) is 25.8 Å². The summed E-state index contributed by atoms with van der Waals surface area (Å²) in [6, 6.07) is 5.91. The van der Waals surface area contributed by atoms with Gasteiger partial charge in [-0.15, -0.1) is 0 Å². The van der Waals surface area contributed by atoms with E-state index in [-0.39, 0.29) is 11.8 Å². The van der Waals surface area contributed by atoms with E-state index < -0.39 is 18.1 Å². The van der Waals surface area contributed by atoms with Gasteiger partial charge in [0.25, 0.3) is 0 Å². The summed E-state index contributed by atoms with van der Waals surface area (Å²) in [6.07, 6.45) is -1.53. The molecule has 0 bridgehead atoms. The predicted octanol–water partition coefficient (Wildman–Crippen LogP) is 2.51. The highest BCUT2D eigenvalue weighted by atomic mass is 19.4. The van der Waals surface area contributed by atoms with Gasteiger partial charge in [0, 0.05) is 12.1 Å². The highest BCUT2D eigenvalue weighted by Gasteiger charge is 2.40. The van der Waals surface area contributed by atoms with Crippen molar-refractivity contribution in [3.05, 3.63) is 29.8 Å². The molecule has 128 valence electrons. The second kappa shape index (κ2) is 7.68. The highest BCUT2D eigenvalue weighted by Crippen LogP contribution is 2.22. The Bertz CT molecular complexity index is 528. The standard InChI is InChI=1S/C16H21F3N2O2/c17-16(18,19)15(23)21-13(12-6-3-4-10-20-12)9-8-11-5-1-2-7-14(11)22/h1-2,5,7,12-13,20,22H,3-4,6,8-10H2,(H,21,23). The number of alkyl halides is 3. The fourth-order valence-electron chi connectivity index (χ4n) is 2.88. The average molecular weight is 330 g/mol. The number of amides is 1. The molecular weight excluding hydrogens is 309 g/mol. The molecule has 1 fully saturated rings. The van der Waals surface area contributed by atoms with Crippen LogP contribution >= 0.6 is 0 Å². The van der Waals surface area contributed by atoms with Crippen LogP contribution in [0.4, 0.5) is 13.2 Å². The maximum absolute atomic E-state index is 12.5. The van der Waals surface area contributed by atoms with Crippen LogP contribution < -0.4 is 10.6 Å². The third-order valence-corrected chi connectivity index (χ3v) is 4.12. The van der Waals surface area contributed by atoms with Gasteiger partial charge in [0.1, 0.15) is 5.75 Å². The maximum atomic E-state index is 12.5. The second-order valence-corrected chi connectivity index (χ2v) is 5.80. The summed E-state index contributed by atoms with van der Waals surface area (Å²) in [5, 5.41) is 15.1. The summed E-state index contributed by atoms with van der Waals surface area (Å²) in [7, 11) is 0. The normalized spacial score (nSPS) is 20.0. The van der Waals surface area contributed by atoms with Gasteiger partial charge in [-0.1, -0.05) is 24.6 Å². The van der Waals surface area contributed by atoms with Crippen LogP contribution in [0.25, 0.3) is 0 Å². The van der Waals surface area contributed by atoms with Crippen LogP contribution in [0.2, 0.25) is 0 Å². The number of aryl methyl sites for hydroxylation is 1. The molecule has 0 saturated carbocycles. The van der Waals surface area contributed by atoms with Gasteiger partial charge < -0.3 is 15.7 Å². The number of halogens is 3. The molecule has 4 nitrogen and oxygen atoms in total. The van der Waals surface area contributed by atoms with Gasteiger partial charge in [-0.05, 0) is 43.9 Å². The number of aromatic hydroxyl groups is 1. The quantitative estimate of drug-likeness (QED) is 0.777. The summed E-state index contributed by atoms with van der Waals surface area (Å²) in [4.78, 5) is 11.3. The largest absolute Gasteiger partial charge is 0.508 e. The van der Waals surface area contributed by atoms with E-state index in [1.54, 1.807) is 18.2 Å². The number of carbonyl (C=O) groups excluding carboxylic acids is 1. The summed E-state index contributed by atoms with van der Waals surface area (Å²) < 4.78 is 37.6. The zero-order valence-electron chi connectivity index (χ0n) is 12.7. The van der Waals surface area contributed by atoms with Crippen molar-refractivity contribution < 1.29 is 23.1 Å². The molecule has 0 spiro atoms. The summed E-state index contributed by atoms with van der Waals surface area (Å²) >= 11 is 0. The van der Waals surface area contributed by atoms with Crippen molar-refractivity contribution in [3.63, 3.8) is 0 Å². The van der Waals surface area contributed by atoms with Crippen molar-refractivity contribution in [1.29, 1.82) is 0 Å². The minimum absolute atomic E-state index is 0.116. The van der Waals surface area contributed by atoms with Crippen LogP contribution in [0.5, 0.6) is 5.75 Å². The molecular formula is C16H21F3N2O2. The molecule has 1 aromatic carbocycles. The van der Waals surface area contributed by atoms with E-state index in [4.69, 9.17) is 0 Å². The van der Waals surface area contributed by atoms with Gasteiger partial charge >= 0.3 is 12.1 Å². The van der Waals surface area contributed by atoms with Gasteiger partial charge in [-0.2, -0.15) is 13.2 Å². The van der Waals surface area contributed by atoms with Crippen LogP contribution in [0.15, 0.2) is 24.3 Å². The molecule has 0 aromatic heterocycles. The van der Waals surface area contributed by atoms with Crippen LogP contribution in [0, 0.1) is 0 Å². The smallest absolute Gasteiger partial charge is 0.471 e. The zero-order valence-corrected chi connectivity index (χ0v) is 12.7. The molecule has 23 heavy (non-hydrogen) atoms. The van der Waals surface area contributed by atoms with Gasteiger partial charge in [0.05, 0.1) is 0 Å². The van der Waals surface area contributed by atoms with Crippen molar-refractivity contribution in [2.45, 2.75) is 50.4 Å². The molecule has 0 aliphatic carbocycles. The lowest BCUT2D eigenvalue weighted by molar-refractivity contribution is -0.174. The zero-order chi connectivity index (χ0) is 16.9. The number of carbonyl (C=O) groups is 1. The van der Waals surface area contributed by atoms with Gasteiger partial charge in [0.2, 0.25) is 0 Å². The fourth-order valence-corrected chi connectivity index (χ4v) is 2.88. The molecule has 1 heterocycles. The van der Waals surface area contributed by atoms with Crippen molar-refractivity contribution >= 4 is 5.91 Å². The molecule has 2 atom stereocenters. The first-order chi connectivity index (χ1) is 10.9. The first-order valence-corrected chi connectivity index (χ1v) is 7.76. The fraction of sp³-hybridized carbons (Fsp3) is 0.562. The summed E-state index contributed by atoms with van der Waals surface area (Å²) in [6.45, 7) is 0.736. The molecule has 1 amide bonds. The SMILES string of the molecule is O=C(NC(CCc1ccccc1O)C1CCCCN1)C(F)(F)F. The lowest BCUT2D eigenvalue weighted by atomic mass is 9.93. The highest BCUT2D eigenvalue weighted by molar-refractivity contribution is 5.82. The Labute approximate surface area is 133 Å². The Kier molecular flexibility index (Phi) is 5.87. The second-order valence-electron chi connectivity index (χ2n) is 5.80. The van der Waals surface area contributed by atoms with Crippen LogP contribution in [0.1, 0.15) is 31.2 Å². The molecule has 0 radical (unpaired) electrons. The first kappa shape index (κ1) is 17.6. The molecule has 1 aliphatic rings. The Balaban J connectivity index is 2.03. The number of nitrogens with one attached hydrogen (secondary N) is 2. The molecule has 2 unspecified atom stereocenters. The number of rotatable bonds is 5. The molecule has 1 aromatic rings. The minimum Gasteiger partial charge on any atom is -0.508 e. The number of phenolic OH excluding ortho intramolecular Hbond substituents is 1. The average Bonchev–Trinajstić information content (AvgIpc) is 2.52. The van der Waals surface area contributed by atoms with Gasteiger partial charge in [0.15, 0.2) is 0 Å². The summed E-state index contributed by atoms with van der Waals surface area (Å²) in [5.41, 5.74) is 0.662. The van der Waals surface area contributed by atoms with Crippen molar-refractivity contribution in [1.82, 2.24) is 10.6 Å². The number of para-hydroxylation sites is 1. The Morgan fingerprint density at radius 3 is 2.70 bits per heavy atom. The van der Waals surface area contributed by atoms with Crippen molar-refractivity contribution in [2.24, 2.45) is 0 Å². The van der Waals surface area contributed by atoms with Crippen LogP contribution in [0.3, 0.4) is 0 Å². The monoisotopic (exact) mass is 330 g/mol. The minimum atomic E-state index is -4.89. The van der Waals surface area contributed by atoms with E-state index in [0.29, 0.717) is 18.4 Å². The van der Waals surface area contributed by atoms with Crippen molar-refractivity contribution in [2.75, 3.05) is 6.54 Å². The third kappa shape index (κ3) is 5.13. The van der Waals surface area contributed by atoms with Gasteiger partial charge in [-0.3, -0.25) is 4.79 Å². The van der Waals surface area contributed by atoms with E-state index in [1.165, 1.54) is 6.07 Å². The number of hydrogen-bond donors (Lipinski definition) is 3. The van der Waals surface area contributed by atoms with E-state index in [2.05, 4.69) is 10.6 Å². The number of hydrogen-bond acceptors (Lipinski definition) is 3. The number of benzene rings is 1. The Morgan fingerprint density at radius 1 is 1.35 bits per heavy atom. The maximum Gasteiger partial charge on any atom is 0.471 e. The first-order valence-electron chi connectivity index (χ1n) is 7.76. The molecule has 2 rings (SSSR count). The molecule has 7 heteroatoms. The van der Waals surface area contributed by atoms with E-state index >= 15 is 0 Å². The topological polar surface area (TPSA) is 61.4 Å². The molecule has 1 aliphatic heterocycles. The van der Waals surface area contributed by atoms with Crippen molar-refractivity contribution in [3.8, 4) is 5.75 Å². The van der Waals surface area contributed by atoms with Crippen LogP contribution in [-0.4, -0.2) is 35.8 Å². The Morgan fingerprint density at radius 2 is 2.09 bits per heavy atom.